The fourth-order valence-corrected chi connectivity index (χ4v) is 3.19. The van der Waals surface area contributed by atoms with E-state index in [1.54, 1.807) is 24.3 Å². The minimum atomic E-state index is -3.49. The Morgan fingerprint density at radius 3 is 2.72 bits per heavy atom. The topological polar surface area (TPSA) is 87.2 Å². The maximum absolute atomic E-state index is 12.0. The number of nitrogens with two attached hydrogens (primary N) is 1. The zero-order valence-corrected chi connectivity index (χ0v) is 10.7. The van der Waals surface area contributed by atoms with Gasteiger partial charge in [-0.05, 0) is 30.5 Å². The number of nitrogen functional groups attached to an aromatic ring is 1. The molecule has 1 aliphatic carbocycles. The lowest BCUT2D eigenvalue weighted by Crippen LogP contribution is -2.34. The van der Waals surface area contributed by atoms with E-state index in [4.69, 9.17) is 11.0 Å². The first kappa shape index (κ1) is 12.9. The lowest BCUT2D eigenvalue weighted by Gasteiger charge is -2.20. The second-order valence-electron chi connectivity index (χ2n) is 4.44. The van der Waals surface area contributed by atoms with Crippen LogP contribution in [0.3, 0.4) is 0 Å². The van der Waals surface area contributed by atoms with Crippen molar-refractivity contribution in [2.75, 3.05) is 11.5 Å². The average molecular weight is 265 g/mol. The molecule has 0 heterocycles. The smallest absolute Gasteiger partial charge is 0.228 e. The van der Waals surface area contributed by atoms with Crippen molar-refractivity contribution in [3.63, 3.8) is 0 Å². The molecule has 96 valence electrons. The predicted molar refractivity (Wildman–Crippen MR) is 68.8 cm³/mol. The van der Waals surface area contributed by atoms with Crippen LogP contribution in [0.15, 0.2) is 24.3 Å². The van der Waals surface area contributed by atoms with Gasteiger partial charge in [-0.2, -0.15) is 9.57 Å². The summed E-state index contributed by atoms with van der Waals surface area (Å²) in [7, 11) is -3.49. The van der Waals surface area contributed by atoms with E-state index < -0.39 is 15.8 Å². The van der Waals surface area contributed by atoms with Crippen molar-refractivity contribution >= 4 is 15.7 Å². The molecule has 0 saturated heterocycles. The van der Waals surface area contributed by atoms with E-state index in [0.717, 1.165) is 18.4 Å². The SMILES string of the molecule is N#CCS(=O)(=O)N(Cc1cccc(N)c1)C1CC1. The van der Waals surface area contributed by atoms with Gasteiger partial charge in [0, 0.05) is 18.3 Å². The highest BCUT2D eigenvalue weighted by atomic mass is 32.2. The van der Waals surface area contributed by atoms with E-state index >= 15 is 0 Å². The van der Waals surface area contributed by atoms with Crippen LogP contribution in [0.4, 0.5) is 5.69 Å². The van der Waals surface area contributed by atoms with Crippen LogP contribution < -0.4 is 5.73 Å². The maximum Gasteiger partial charge on any atom is 0.228 e. The zero-order valence-electron chi connectivity index (χ0n) is 9.91. The average Bonchev–Trinajstić information content (AvgIpc) is 3.09. The molecule has 0 radical (unpaired) electrons. The molecule has 1 aromatic rings. The number of nitriles is 1. The molecule has 1 aliphatic rings. The first-order valence-electron chi connectivity index (χ1n) is 5.74. The van der Waals surface area contributed by atoms with Crippen LogP contribution in [-0.4, -0.2) is 24.5 Å². The summed E-state index contributed by atoms with van der Waals surface area (Å²) in [5.41, 5.74) is 7.14. The molecule has 0 unspecified atom stereocenters. The number of rotatable bonds is 5. The van der Waals surface area contributed by atoms with Gasteiger partial charge >= 0.3 is 0 Å². The van der Waals surface area contributed by atoms with Gasteiger partial charge in [-0.15, -0.1) is 0 Å². The van der Waals surface area contributed by atoms with E-state index in [2.05, 4.69) is 0 Å². The normalized spacial score (nSPS) is 15.6. The number of anilines is 1. The van der Waals surface area contributed by atoms with E-state index in [1.165, 1.54) is 4.31 Å². The molecule has 2 N–H and O–H groups in total. The lowest BCUT2D eigenvalue weighted by atomic mass is 10.2. The lowest BCUT2D eigenvalue weighted by molar-refractivity contribution is 0.401. The van der Waals surface area contributed by atoms with Crippen LogP contribution >= 0.6 is 0 Å². The zero-order chi connectivity index (χ0) is 13.2. The molecule has 0 aliphatic heterocycles. The molecule has 0 amide bonds. The minimum Gasteiger partial charge on any atom is -0.399 e. The van der Waals surface area contributed by atoms with Crippen molar-refractivity contribution in [1.29, 1.82) is 5.26 Å². The molecular weight excluding hydrogens is 250 g/mol. The summed E-state index contributed by atoms with van der Waals surface area (Å²) < 4.78 is 25.4. The molecule has 5 nitrogen and oxygen atoms in total. The van der Waals surface area contributed by atoms with Gasteiger partial charge in [0.2, 0.25) is 10.0 Å². The van der Waals surface area contributed by atoms with Gasteiger partial charge in [-0.3, -0.25) is 0 Å². The van der Waals surface area contributed by atoms with Crippen LogP contribution in [0.25, 0.3) is 0 Å². The summed E-state index contributed by atoms with van der Waals surface area (Å²) in [6.45, 7) is 0.291. The van der Waals surface area contributed by atoms with Gasteiger partial charge in [0.05, 0.1) is 6.07 Å². The Morgan fingerprint density at radius 2 is 2.17 bits per heavy atom. The highest BCUT2D eigenvalue weighted by Crippen LogP contribution is 2.31. The van der Waals surface area contributed by atoms with Crippen molar-refractivity contribution < 1.29 is 8.42 Å². The Morgan fingerprint density at radius 1 is 1.44 bits per heavy atom. The highest BCUT2D eigenvalue weighted by molar-refractivity contribution is 7.89. The molecule has 0 atom stereocenters. The van der Waals surface area contributed by atoms with Gasteiger partial charge in [-0.1, -0.05) is 12.1 Å². The second kappa shape index (κ2) is 4.96. The highest BCUT2D eigenvalue weighted by Gasteiger charge is 2.36. The molecule has 6 heteroatoms. The Hall–Kier alpha value is -1.58. The summed E-state index contributed by atoms with van der Waals surface area (Å²) in [5.74, 6) is -0.466. The first-order valence-corrected chi connectivity index (χ1v) is 7.35. The maximum atomic E-state index is 12.0. The first-order chi connectivity index (χ1) is 8.53. The summed E-state index contributed by atoms with van der Waals surface area (Å²) in [6, 6.07) is 8.92. The summed E-state index contributed by atoms with van der Waals surface area (Å²) in [6.07, 6.45) is 1.74. The van der Waals surface area contributed by atoms with Crippen molar-refractivity contribution in [2.24, 2.45) is 0 Å². The van der Waals surface area contributed by atoms with E-state index in [1.807, 2.05) is 6.07 Å². The van der Waals surface area contributed by atoms with Crippen LogP contribution in [0, 0.1) is 11.3 Å². The quantitative estimate of drug-likeness (QED) is 0.807. The number of hydrogen-bond donors (Lipinski definition) is 1. The Kier molecular flexibility index (Phi) is 3.55. The Labute approximate surface area is 107 Å². The summed E-state index contributed by atoms with van der Waals surface area (Å²) >= 11 is 0. The molecular formula is C12H15N3O2S. The largest absolute Gasteiger partial charge is 0.399 e. The number of sulfonamides is 1. The third-order valence-corrected chi connectivity index (χ3v) is 4.48. The summed E-state index contributed by atoms with van der Waals surface area (Å²) in [4.78, 5) is 0. The number of hydrogen-bond acceptors (Lipinski definition) is 4. The molecule has 2 rings (SSSR count). The standard InChI is InChI=1S/C12H15N3O2S/c13-6-7-18(16,17)15(12-4-5-12)9-10-2-1-3-11(14)8-10/h1-3,8,12H,4-5,7,9,14H2. The minimum absolute atomic E-state index is 0.0461. The van der Waals surface area contributed by atoms with Gasteiger partial charge in [0.15, 0.2) is 5.75 Å². The Balaban J connectivity index is 2.20. The van der Waals surface area contributed by atoms with E-state index in [-0.39, 0.29) is 6.04 Å². The molecule has 1 fully saturated rings. The summed E-state index contributed by atoms with van der Waals surface area (Å²) in [5, 5.41) is 8.59. The van der Waals surface area contributed by atoms with Gasteiger partial charge in [0.1, 0.15) is 0 Å². The van der Waals surface area contributed by atoms with E-state index in [9.17, 15) is 8.42 Å². The molecule has 1 aromatic carbocycles. The molecule has 0 aromatic heterocycles. The van der Waals surface area contributed by atoms with E-state index in [0.29, 0.717) is 12.2 Å². The van der Waals surface area contributed by atoms with Gasteiger partial charge in [-0.25, -0.2) is 8.42 Å². The fourth-order valence-electron chi connectivity index (χ4n) is 1.85. The second-order valence-corrected chi connectivity index (χ2v) is 6.36. The number of nitrogens with zero attached hydrogens (tertiary/aromatic N) is 2. The monoisotopic (exact) mass is 265 g/mol. The molecule has 1 saturated carbocycles. The fraction of sp³-hybridized carbons (Fsp3) is 0.417. The predicted octanol–water partition coefficient (Wildman–Crippen LogP) is 1.09. The van der Waals surface area contributed by atoms with Crippen LogP contribution in [-0.2, 0) is 16.6 Å². The third-order valence-electron chi connectivity index (χ3n) is 2.85. The molecule has 0 spiro atoms. The number of benzene rings is 1. The van der Waals surface area contributed by atoms with Gasteiger partial charge < -0.3 is 5.73 Å². The van der Waals surface area contributed by atoms with Crippen LogP contribution in [0.1, 0.15) is 18.4 Å². The Bertz CT molecular complexity index is 573. The van der Waals surface area contributed by atoms with Crippen molar-refractivity contribution in [2.45, 2.75) is 25.4 Å². The van der Waals surface area contributed by atoms with Crippen LogP contribution in [0.2, 0.25) is 0 Å². The van der Waals surface area contributed by atoms with Crippen LogP contribution in [0.5, 0.6) is 0 Å². The third kappa shape index (κ3) is 3.00. The van der Waals surface area contributed by atoms with Crippen molar-refractivity contribution in [1.82, 2.24) is 4.31 Å². The molecule has 0 bridgehead atoms. The molecule has 18 heavy (non-hydrogen) atoms. The van der Waals surface area contributed by atoms with Crippen molar-refractivity contribution in [3.8, 4) is 6.07 Å². The van der Waals surface area contributed by atoms with Gasteiger partial charge in [0.25, 0.3) is 0 Å². The van der Waals surface area contributed by atoms with Crippen molar-refractivity contribution in [3.05, 3.63) is 29.8 Å².